The van der Waals surface area contributed by atoms with Crippen LogP contribution in [0.3, 0.4) is 0 Å². The van der Waals surface area contributed by atoms with Gasteiger partial charge in [-0.05, 0) is 18.4 Å². The Bertz CT molecular complexity index is 498. The highest BCUT2D eigenvalue weighted by molar-refractivity contribution is 5.85. The van der Waals surface area contributed by atoms with Crippen molar-refractivity contribution in [3.63, 3.8) is 0 Å². The molecule has 1 aliphatic rings. The molecular formula is C16H18F3NO. The van der Waals surface area contributed by atoms with Gasteiger partial charge in [0.25, 0.3) is 0 Å². The molecule has 0 aliphatic carbocycles. The molecule has 0 N–H and O–H groups in total. The van der Waals surface area contributed by atoms with Crippen molar-refractivity contribution in [2.24, 2.45) is 5.92 Å². The Morgan fingerprint density at radius 1 is 1.33 bits per heavy atom. The van der Waals surface area contributed by atoms with Crippen molar-refractivity contribution < 1.29 is 18.0 Å². The van der Waals surface area contributed by atoms with Crippen LogP contribution in [0.2, 0.25) is 0 Å². The van der Waals surface area contributed by atoms with Crippen molar-refractivity contribution in [2.45, 2.75) is 24.9 Å². The van der Waals surface area contributed by atoms with Crippen molar-refractivity contribution in [1.82, 2.24) is 4.90 Å². The smallest absolute Gasteiger partial charge is 0.341 e. The molecular weight excluding hydrogens is 279 g/mol. The van der Waals surface area contributed by atoms with Crippen LogP contribution < -0.4 is 0 Å². The Morgan fingerprint density at radius 2 is 2.00 bits per heavy atom. The molecule has 0 spiro atoms. The van der Waals surface area contributed by atoms with Gasteiger partial charge in [-0.3, -0.25) is 4.79 Å². The van der Waals surface area contributed by atoms with E-state index < -0.39 is 18.0 Å². The van der Waals surface area contributed by atoms with Crippen molar-refractivity contribution in [1.29, 1.82) is 0 Å². The third-order valence-corrected chi connectivity index (χ3v) is 3.86. The van der Waals surface area contributed by atoms with E-state index in [9.17, 15) is 18.0 Å². The minimum atomic E-state index is -4.24. The summed E-state index contributed by atoms with van der Waals surface area (Å²) < 4.78 is 38.5. The van der Waals surface area contributed by atoms with Crippen LogP contribution in [-0.4, -0.2) is 30.1 Å². The number of benzene rings is 1. The van der Waals surface area contributed by atoms with E-state index >= 15 is 0 Å². The third-order valence-electron chi connectivity index (χ3n) is 3.86. The van der Waals surface area contributed by atoms with Gasteiger partial charge in [-0.1, -0.05) is 36.4 Å². The second kappa shape index (κ2) is 6.33. The number of amides is 1. The number of halogens is 3. The van der Waals surface area contributed by atoms with E-state index in [0.717, 1.165) is 5.56 Å². The van der Waals surface area contributed by atoms with Gasteiger partial charge in [0.1, 0.15) is 0 Å². The van der Waals surface area contributed by atoms with Crippen molar-refractivity contribution in [3.8, 4) is 0 Å². The summed E-state index contributed by atoms with van der Waals surface area (Å²) in [5.74, 6) is -2.31. The van der Waals surface area contributed by atoms with E-state index in [1.807, 2.05) is 6.07 Å². The van der Waals surface area contributed by atoms with Gasteiger partial charge in [0.05, 0.1) is 11.8 Å². The quantitative estimate of drug-likeness (QED) is 0.778. The van der Waals surface area contributed by atoms with Crippen LogP contribution in [0, 0.1) is 5.92 Å². The molecule has 2 unspecified atom stereocenters. The highest BCUT2D eigenvalue weighted by atomic mass is 19.4. The summed E-state index contributed by atoms with van der Waals surface area (Å²) in [6.45, 7) is 3.78. The van der Waals surface area contributed by atoms with E-state index in [1.165, 1.54) is 11.0 Å². The molecule has 0 radical (unpaired) electrons. The summed E-state index contributed by atoms with van der Waals surface area (Å²) in [6.07, 6.45) is -2.27. The lowest BCUT2D eigenvalue weighted by Gasteiger charge is -2.35. The molecule has 1 fully saturated rings. The molecule has 1 amide bonds. The molecule has 2 atom stereocenters. The van der Waals surface area contributed by atoms with Crippen LogP contribution in [0.4, 0.5) is 13.2 Å². The fraction of sp³-hybridized carbons (Fsp3) is 0.438. The van der Waals surface area contributed by atoms with Crippen LogP contribution in [-0.2, 0) is 4.79 Å². The SMILES string of the molecule is C=CC(C(=O)N1CCCC(C(F)(F)F)C1)c1ccccc1. The van der Waals surface area contributed by atoms with Crippen LogP contribution in [0.5, 0.6) is 0 Å². The normalized spacial score (nSPS) is 20.9. The molecule has 0 aromatic heterocycles. The fourth-order valence-corrected chi connectivity index (χ4v) is 2.68. The Morgan fingerprint density at radius 3 is 2.57 bits per heavy atom. The number of nitrogens with zero attached hydrogens (tertiary/aromatic N) is 1. The molecule has 1 heterocycles. The van der Waals surface area contributed by atoms with Gasteiger partial charge in [0.2, 0.25) is 5.91 Å². The van der Waals surface area contributed by atoms with Crippen molar-refractivity contribution in [3.05, 3.63) is 48.6 Å². The first-order valence-corrected chi connectivity index (χ1v) is 6.96. The van der Waals surface area contributed by atoms with E-state index in [0.29, 0.717) is 13.0 Å². The monoisotopic (exact) mass is 297 g/mol. The number of likely N-dealkylation sites (tertiary alicyclic amines) is 1. The molecule has 114 valence electrons. The molecule has 5 heteroatoms. The Balaban J connectivity index is 2.13. The Hall–Kier alpha value is -1.78. The van der Waals surface area contributed by atoms with Gasteiger partial charge < -0.3 is 4.90 Å². The zero-order valence-electron chi connectivity index (χ0n) is 11.6. The summed E-state index contributed by atoms with van der Waals surface area (Å²) in [6, 6.07) is 9.00. The van der Waals surface area contributed by atoms with Gasteiger partial charge in [-0.15, -0.1) is 6.58 Å². The van der Waals surface area contributed by atoms with Gasteiger partial charge in [-0.2, -0.15) is 13.2 Å². The first-order valence-electron chi connectivity index (χ1n) is 6.96. The maximum absolute atomic E-state index is 12.8. The Kier molecular flexibility index (Phi) is 4.70. The number of carbonyl (C=O) groups excluding carboxylic acids is 1. The fourth-order valence-electron chi connectivity index (χ4n) is 2.68. The number of hydrogen-bond donors (Lipinski definition) is 0. The highest BCUT2D eigenvalue weighted by Crippen LogP contribution is 2.34. The van der Waals surface area contributed by atoms with Gasteiger partial charge in [0, 0.05) is 13.1 Å². The topological polar surface area (TPSA) is 20.3 Å². The van der Waals surface area contributed by atoms with E-state index in [1.54, 1.807) is 24.3 Å². The highest BCUT2D eigenvalue weighted by Gasteiger charge is 2.43. The summed E-state index contributed by atoms with van der Waals surface area (Å²) in [7, 11) is 0. The summed E-state index contributed by atoms with van der Waals surface area (Å²) in [5, 5.41) is 0. The molecule has 0 saturated carbocycles. The van der Waals surface area contributed by atoms with Crippen molar-refractivity contribution >= 4 is 5.91 Å². The summed E-state index contributed by atoms with van der Waals surface area (Å²) in [4.78, 5) is 13.8. The average Bonchev–Trinajstić information content (AvgIpc) is 2.48. The zero-order valence-corrected chi connectivity index (χ0v) is 11.6. The molecule has 21 heavy (non-hydrogen) atoms. The second-order valence-corrected chi connectivity index (χ2v) is 5.29. The van der Waals surface area contributed by atoms with Crippen LogP contribution in [0.1, 0.15) is 24.3 Å². The molecule has 2 rings (SSSR count). The number of hydrogen-bond acceptors (Lipinski definition) is 1. The van der Waals surface area contributed by atoms with E-state index in [4.69, 9.17) is 0 Å². The average molecular weight is 297 g/mol. The van der Waals surface area contributed by atoms with E-state index in [-0.39, 0.29) is 18.9 Å². The molecule has 0 bridgehead atoms. The van der Waals surface area contributed by atoms with Crippen LogP contribution >= 0.6 is 0 Å². The van der Waals surface area contributed by atoms with Crippen molar-refractivity contribution in [2.75, 3.05) is 13.1 Å². The Labute approximate surface area is 122 Å². The van der Waals surface area contributed by atoms with Gasteiger partial charge in [-0.25, -0.2) is 0 Å². The number of piperidine rings is 1. The first kappa shape index (κ1) is 15.6. The predicted octanol–water partition coefficient (Wildman–Crippen LogP) is 3.76. The predicted molar refractivity (Wildman–Crippen MR) is 74.7 cm³/mol. The number of carbonyl (C=O) groups is 1. The minimum Gasteiger partial charge on any atom is -0.341 e. The standard InChI is InChI=1S/C16H18F3NO/c1-2-14(12-7-4-3-5-8-12)15(21)20-10-6-9-13(11-20)16(17,18)19/h2-5,7-8,13-14H,1,6,9-11H2. The molecule has 2 nitrogen and oxygen atoms in total. The van der Waals surface area contributed by atoms with Gasteiger partial charge in [0.15, 0.2) is 0 Å². The minimum absolute atomic E-state index is 0.0946. The maximum Gasteiger partial charge on any atom is 0.393 e. The second-order valence-electron chi connectivity index (χ2n) is 5.29. The molecule has 1 saturated heterocycles. The van der Waals surface area contributed by atoms with Crippen LogP contribution in [0.15, 0.2) is 43.0 Å². The zero-order chi connectivity index (χ0) is 15.5. The molecule has 1 aliphatic heterocycles. The number of rotatable bonds is 3. The summed E-state index contributed by atoms with van der Waals surface area (Å²) in [5.41, 5.74) is 0.756. The number of alkyl halides is 3. The largest absolute Gasteiger partial charge is 0.393 e. The lowest BCUT2D eigenvalue weighted by molar-refractivity contribution is -0.188. The first-order chi connectivity index (χ1) is 9.93. The summed E-state index contributed by atoms with van der Waals surface area (Å²) >= 11 is 0. The maximum atomic E-state index is 12.8. The van der Waals surface area contributed by atoms with Gasteiger partial charge >= 0.3 is 6.18 Å². The lowest BCUT2D eigenvalue weighted by atomic mass is 9.93. The third kappa shape index (κ3) is 3.65. The van der Waals surface area contributed by atoms with Crippen LogP contribution in [0.25, 0.3) is 0 Å². The van der Waals surface area contributed by atoms with E-state index in [2.05, 4.69) is 6.58 Å². The lowest BCUT2D eigenvalue weighted by Crippen LogP contribution is -2.46. The molecule has 1 aromatic carbocycles. The molecule has 1 aromatic rings.